The smallest absolute Gasteiger partial charge is 0.267 e. The van der Waals surface area contributed by atoms with Gasteiger partial charge in [-0.15, -0.1) is 0 Å². The van der Waals surface area contributed by atoms with Crippen LogP contribution in [0.5, 0.6) is 0 Å². The van der Waals surface area contributed by atoms with E-state index in [2.05, 4.69) is 15.0 Å². The molecule has 164 valence electrons. The summed E-state index contributed by atoms with van der Waals surface area (Å²) in [6.45, 7) is 3.55. The van der Waals surface area contributed by atoms with E-state index in [9.17, 15) is 9.59 Å². The largest absolute Gasteiger partial charge is 0.341 e. The predicted octanol–water partition coefficient (Wildman–Crippen LogP) is 2.19. The number of anilines is 1. The van der Waals surface area contributed by atoms with E-state index in [0.717, 1.165) is 93.2 Å². The van der Waals surface area contributed by atoms with E-state index in [4.69, 9.17) is 4.98 Å². The fourth-order valence-corrected chi connectivity index (χ4v) is 4.90. The molecule has 1 aliphatic carbocycles. The fraction of sp³-hybridized carbons (Fsp3) is 0.609. The second kappa shape index (κ2) is 8.77. The number of hydrogen-bond acceptors (Lipinski definition) is 6. The van der Waals surface area contributed by atoms with Crippen LogP contribution in [0.2, 0.25) is 0 Å². The number of fused-ring (bicyclic) bond motifs is 3. The number of hydrogen-bond donors (Lipinski definition) is 0. The average Bonchev–Trinajstić information content (AvgIpc) is 3.09. The van der Waals surface area contributed by atoms with Gasteiger partial charge in [0.1, 0.15) is 6.54 Å². The summed E-state index contributed by atoms with van der Waals surface area (Å²) >= 11 is 0. The monoisotopic (exact) mass is 422 g/mol. The van der Waals surface area contributed by atoms with Crippen molar-refractivity contribution in [1.82, 2.24) is 24.6 Å². The Labute approximate surface area is 182 Å². The third-order valence-electron chi connectivity index (χ3n) is 6.70. The van der Waals surface area contributed by atoms with Crippen molar-refractivity contribution in [2.75, 3.05) is 31.1 Å². The molecule has 0 atom stereocenters. The second-order valence-electron chi connectivity index (χ2n) is 8.89. The lowest BCUT2D eigenvalue weighted by Gasteiger charge is -2.28. The van der Waals surface area contributed by atoms with Gasteiger partial charge in [-0.2, -0.15) is 5.10 Å². The van der Waals surface area contributed by atoms with Crippen LogP contribution in [0.3, 0.4) is 0 Å². The molecule has 1 amide bonds. The Kier molecular flexibility index (Phi) is 5.70. The minimum atomic E-state index is -0.212. The molecule has 4 heterocycles. The van der Waals surface area contributed by atoms with Crippen LogP contribution in [0.25, 0.3) is 11.3 Å². The third kappa shape index (κ3) is 4.20. The molecule has 0 saturated carbocycles. The van der Waals surface area contributed by atoms with Crippen molar-refractivity contribution < 1.29 is 4.79 Å². The number of aromatic nitrogens is 4. The summed E-state index contributed by atoms with van der Waals surface area (Å²) < 4.78 is 1.32. The van der Waals surface area contributed by atoms with E-state index in [0.29, 0.717) is 0 Å². The number of likely N-dealkylation sites (tertiary alicyclic amines) is 1. The summed E-state index contributed by atoms with van der Waals surface area (Å²) in [6.07, 6.45) is 11.4. The predicted molar refractivity (Wildman–Crippen MR) is 118 cm³/mol. The quantitative estimate of drug-likeness (QED) is 0.754. The third-order valence-corrected chi connectivity index (χ3v) is 6.70. The van der Waals surface area contributed by atoms with Crippen LogP contribution >= 0.6 is 0 Å². The van der Waals surface area contributed by atoms with E-state index in [1.54, 1.807) is 6.07 Å². The number of nitrogens with zero attached hydrogens (tertiary/aromatic N) is 6. The van der Waals surface area contributed by atoms with Gasteiger partial charge in [0, 0.05) is 44.0 Å². The molecule has 0 N–H and O–H groups in total. The van der Waals surface area contributed by atoms with E-state index < -0.39 is 0 Å². The first kappa shape index (κ1) is 20.2. The minimum absolute atomic E-state index is 0.00579. The van der Waals surface area contributed by atoms with Crippen molar-refractivity contribution >= 4 is 11.9 Å². The lowest BCUT2D eigenvalue weighted by Crippen LogP contribution is -2.38. The van der Waals surface area contributed by atoms with Gasteiger partial charge in [-0.3, -0.25) is 9.59 Å². The van der Waals surface area contributed by atoms with Gasteiger partial charge in [-0.05, 0) is 50.5 Å². The Morgan fingerprint density at radius 3 is 2.42 bits per heavy atom. The first-order valence-electron chi connectivity index (χ1n) is 11.7. The Hall–Kier alpha value is -2.77. The van der Waals surface area contributed by atoms with Crippen molar-refractivity contribution in [3.05, 3.63) is 33.9 Å². The summed E-state index contributed by atoms with van der Waals surface area (Å²) in [5.74, 6) is 0.774. The zero-order chi connectivity index (χ0) is 21.2. The molecule has 8 nitrogen and oxygen atoms in total. The lowest BCUT2D eigenvalue weighted by atomic mass is 9.94. The zero-order valence-corrected chi connectivity index (χ0v) is 18.1. The normalized spacial score (nSPS) is 18.8. The number of carbonyl (C=O) groups is 1. The standard InChI is InChI=1S/C23H30N6O2/c30-20-14-17-8-9-19-18(15-24-23(25-19)28-12-6-3-7-13-28)22(17)26-29(20)16-21(31)27-10-4-1-2-5-11-27/h14-15H,1-13,16H2. The highest BCUT2D eigenvalue weighted by molar-refractivity contribution is 5.76. The number of piperidine rings is 1. The molecule has 0 aromatic carbocycles. The van der Waals surface area contributed by atoms with Gasteiger partial charge in [0.05, 0.1) is 11.4 Å². The SMILES string of the molecule is O=C(Cn1nc2c(cc1=O)CCc1nc(N3CCCCC3)ncc1-2)N1CCCCCC1. The van der Waals surface area contributed by atoms with Crippen molar-refractivity contribution in [3.8, 4) is 11.3 Å². The Morgan fingerprint density at radius 2 is 1.65 bits per heavy atom. The fourth-order valence-electron chi connectivity index (χ4n) is 4.90. The highest BCUT2D eigenvalue weighted by Crippen LogP contribution is 2.30. The molecule has 31 heavy (non-hydrogen) atoms. The van der Waals surface area contributed by atoms with Crippen LogP contribution in [0, 0.1) is 0 Å². The summed E-state index contributed by atoms with van der Waals surface area (Å²) in [4.78, 5) is 39.0. The van der Waals surface area contributed by atoms with Gasteiger partial charge >= 0.3 is 0 Å². The second-order valence-corrected chi connectivity index (χ2v) is 8.89. The summed E-state index contributed by atoms with van der Waals surface area (Å²) in [6, 6.07) is 1.64. The minimum Gasteiger partial charge on any atom is -0.341 e. The molecule has 0 radical (unpaired) electrons. The lowest BCUT2D eigenvalue weighted by molar-refractivity contribution is -0.132. The Balaban J connectivity index is 1.41. The van der Waals surface area contributed by atoms with Gasteiger partial charge in [0.25, 0.3) is 5.56 Å². The topological polar surface area (TPSA) is 84.2 Å². The molecule has 5 rings (SSSR count). The van der Waals surface area contributed by atoms with E-state index in [1.807, 2.05) is 11.1 Å². The molecule has 0 unspecified atom stereocenters. The summed E-state index contributed by atoms with van der Waals surface area (Å²) in [5, 5.41) is 4.62. The van der Waals surface area contributed by atoms with Crippen LogP contribution in [0.1, 0.15) is 56.2 Å². The van der Waals surface area contributed by atoms with Gasteiger partial charge < -0.3 is 9.80 Å². The number of carbonyl (C=O) groups excluding carboxylic acids is 1. The maximum absolute atomic E-state index is 12.8. The highest BCUT2D eigenvalue weighted by atomic mass is 16.2. The van der Waals surface area contributed by atoms with Crippen LogP contribution in [-0.2, 0) is 24.2 Å². The first-order chi connectivity index (χ1) is 15.2. The summed E-state index contributed by atoms with van der Waals surface area (Å²) in [5.41, 5.74) is 3.33. The average molecular weight is 423 g/mol. The van der Waals surface area contributed by atoms with Crippen LogP contribution in [-0.4, -0.2) is 56.7 Å². The van der Waals surface area contributed by atoms with Gasteiger partial charge in [-0.25, -0.2) is 14.6 Å². The molecule has 2 saturated heterocycles. The van der Waals surface area contributed by atoms with E-state index in [-0.39, 0.29) is 18.0 Å². The number of aryl methyl sites for hydroxylation is 2. The molecule has 2 aliphatic heterocycles. The van der Waals surface area contributed by atoms with Crippen LogP contribution in [0.4, 0.5) is 5.95 Å². The maximum atomic E-state index is 12.8. The molecule has 2 aromatic heterocycles. The molecule has 8 heteroatoms. The highest BCUT2D eigenvalue weighted by Gasteiger charge is 2.24. The maximum Gasteiger partial charge on any atom is 0.267 e. The van der Waals surface area contributed by atoms with Gasteiger partial charge in [0.15, 0.2) is 0 Å². The van der Waals surface area contributed by atoms with Crippen molar-refractivity contribution in [1.29, 1.82) is 0 Å². The van der Waals surface area contributed by atoms with Gasteiger partial charge in [-0.1, -0.05) is 12.8 Å². The Bertz CT molecular complexity index is 1020. The van der Waals surface area contributed by atoms with Crippen molar-refractivity contribution in [2.24, 2.45) is 0 Å². The molecule has 3 aliphatic rings. The first-order valence-corrected chi connectivity index (χ1v) is 11.7. The molecule has 2 fully saturated rings. The molecule has 2 aromatic rings. The summed E-state index contributed by atoms with van der Waals surface area (Å²) in [7, 11) is 0. The molecular weight excluding hydrogens is 392 g/mol. The molecule has 0 spiro atoms. The van der Waals surface area contributed by atoms with Crippen LogP contribution in [0.15, 0.2) is 17.1 Å². The van der Waals surface area contributed by atoms with Crippen molar-refractivity contribution in [2.45, 2.75) is 64.3 Å². The van der Waals surface area contributed by atoms with Crippen molar-refractivity contribution in [3.63, 3.8) is 0 Å². The molecule has 0 bridgehead atoms. The molecular formula is C23H30N6O2. The zero-order valence-electron chi connectivity index (χ0n) is 18.1. The number of amides is 1. The van der Waals surface area contributed by atoms with Crippen LogP contribution < -0.4 is 10.5 Å². The van der Waals surface area contributed by atoms with E-state index >= 15 is 0 Å². The van der Waals surface area contributed by atoms with Gasteiger partial charge in [0.2, 0.25) is 11.9 Å². The van der Waals surface area contributed by atoms with E-state index in [1.165, 1.54) is 23.9 Å². The number of rotatable bonds is 3. The Morgan fingerprint density at radius 1 is 0.935 bits per heavy atom.